The normalized spacial score (nSPS) is 11.4. The van der Waals surface area contributed by atoms with Crippen molar-refractivity contribution in [1.29, 1.82) is 0 Å². The molecule has 0 saturated carbocycles. The summed E-state index contributed by atoms with van der Waals surface area (Å²) in [4.78, 5) is 7.66. The monoisotopic (exact) mass is 389 g/mol. The van der Waals surface area contributed by atoms with Crippen LogP contribution in [0.4, 0.5) is 5.82 Å². The Balaban J connectivity index is 1.97. The lowest BCUT2D eigenvalue weighted by atomic mass is 10.1. The maximum atomic E-state index is 5.19. The van der Waals surface area contributed by atoms with Gasteiger partial charge >= 0.3 is 0 Å². The summed E-state index contributed by atoms with van der Waals surface area (Å²) < 4.78 is 2.28. The predicted octanol–water partition coefficient (Wildman–Crippen LogP) is 6.04. The lowest BCUT2D eigenvalue weighted by Crippen LogP contribution is -2.26. The molecule has 2 aromatic carbocycles. The molecule has 0 aliphatic carbocycles. The number of nitrogens with zero attached hydrogens (tertiary/aromatic N) is 3. The summed E-state index contributed by atoms with van der Waals surface area (Å²) in [7, 11) is 0. The third kappa shape index (κ3) is 3.37. The number of rotatable bonds is 7. The summed E-state index contributed by atoms with van der Waals surface area (Å²) in [6.45, 7) is 6.41. The van der Waals surface area contributed by atoms with E-state index in [-0.39, 0.29) is 0 Å². The van der Waals surface area contributed by atoms with E-state index in [4.69, 9.17) is 4.98 Å². The highest BCUT2D eigenvalue weighted by atomic mass is 32.2. The molecule has 28 heavy (non-hydrogen) atoms. The second-order valence-electron chi connectivity index (χ2n) is 7.12. The van der Waals surface area contributed by atoms with Crippen molar-refractivity contribution in [2.75, 3.05) is 30.0 Å². The Morgan fingerprint density at radius 3 is 2.61 bits per heavy atom. The van der Waals surface area contributed by atoms with E-state index < -0.39 is 0 Å². The highest BCUT2D eigenvalue weighted by molar-refractivity contribution is 7.98. The van der Waals surface area contributed by atoms with Gasteiger partial charge in [-0.05, 0) is 49.3 Å². The van der Waals surface area contributed by atoms with Gasteiger partial charge in [0.15, 0.2) is 0 Å². The van der Waals surface area contributed by atoms with E-state index in [1.807, 2.05) is 11.8 Å². The fourth-order valence-corrected chi connectivity index (χ4v) is 4.31. The molecule has 0 bridgehead atoms. The van der Waals surface area contributed by atoms with E-state index in [1.54, 1.807) is 0 Å². The second-order valence-corrected chi connectivity index (χ2v) is 8.11. The van der Waals surface area contributed by atoms with Crippen molar-refractivity contribution < 1.29 is 0 Å². The molecule has 0 fully saturated rings. The summed E-state index contributed by atoms with van der Waals surface area (Å²) >= 11 is 1.91. The maximum absolute atomic E-state index is 5.19. The van der Waals surface area contributed by atoms with Crippen LogP contribution in [0.25, 0.3) is 27.7 Å². The number of thioether (sulfide) groups is 1. The minimum absolute atomic E-state index is 0.966. The smallest absolute Gasteiger partial charge is 0.147 e. The van der Waals surface area contributed by atoms with Crippen molar-refractivity contribution in [1.82, 2.24) is 9.38 Å². The third-order valence-corrected chi connectivity index (χ3v) is 6.05. The number of fused-ring (bicyclic) bond motifs is 3. The second kappa shape index (κ2) is 8.27. The van der Waals surface area contributed by atoms with Gasteiger partial charge in [0.1, 0.15) is 17.2 Å². The first-order valence-electron chi connectivity index (χ1n) is 9.94. The summed E-state index contributed by atoms with van der Waals surface area (Å²) in [5.74, 6) is 2.38. The zero-order valence-electron chi connectivity index (χ0n) is 16.9. The molecule has 2 heterocycles. The van der Waals surface area contributed by atoms with Crippen LogP contribution in [-0.4, -0.2) is 34.5 Å². The molecule has 0 radical (unpaired) electrons. The van der Waals surface area contributed by atoms with Crippen molar-refractivity contribution in [2.24, 2.45) is 0 Å². The molecule has 0 aliphatic rings. The number of benzene rings is 2. The molecular weight excluding hydrogens is 362 g/mol. The van der Waals surface area contributed by atoms with Gasteiger partial charge in [-0.2, -0.15) is 11.8 Å². The number of imidazole rings is 1. The third-order valence-electron chi connectivity index (χ3n) is 5.35. The molecule has 4 rings (SSSR count). The SMILES string of the molecule is CCN(CCCSC)c1c(-c2ccccc2C)nc2c3ccccc3ccn12. The Bertz CT molecular complexity index is 1100. The quantitative estimate of drug-likeness (QED) is 0.359. The summed E-state index contributed by atoms with van der Waals surface area (Å²) in [5, 5.41) is 2.43. The Morgan fingerprint density at radius 1 is 1.04 bits per heavy atom. The van der Waals surface area contributed by atoms with Crippen LogP contribution in [0, 0.1) is 6.92 Å². The number of hydrogen-bond acceptors (Lipinski definition) is 3. The molecule has 0 saturated heterocycles. The molecule has 0 amide bonds. The highest BCUT2D eigenvalue weighted by Crippen LogP contribution is 2.35. The molecule has 144 valence electrons. The van der Waals surface area contributed by atoms with E-state index in [0.717, 1.165) is 24.4 Å². The van der Waals surface area contributed by atoms with Crippen molar-refractivity contribution in [3.63, 3.8) is 0 Å². The van der Waals surface area contributed by atoms with Crippen molar-refractivity contribution in [3.8, 4) is 11.3 Å². The van der Waals surface area contributed by atoms with Crippen LogP contribution in [0.5, 0.6) is 0 Å². The number of pyridine rings is 1. The maximum Gasteiger partial charge on any atom is 0.147 e. The first-order chi connectivity index (χ1) is 13.7. The number of aryl methyl sites for hydroxylation is 1. The molecule has 0 unspecified atom stereocenters. The summed E-state index contributed by atoms with van der Waals surface area (Å²) in [6, 6.07) is 19.3. The summed E-state index contributed by atoms with van der Waals surface area (Å²) in [5.41, 5.74) is 4.60. The Morgan fingerprint density at radius 2 is 1.82 bits per heavy atom. The van der Waals surface area contributed by atoms with E-state index >= 15 is 0 Å². The van der Waals surface area contributed by atoms with Gasteiger partial charge in [0.25, 0.3) is 0 Å². The van der Waals surface area contributed by atoms with Crippen LogP contribution >= 0.6 is 11.8 Å². The number of anilines is 1. The average molecular weight is 390 g/mol. The van der Waals surface area contributed by atoms with Gasteiger partial charge in [-0.3, -0.25) is 4.40 Å². The van der Waals surface area contributed by atoms with Crippen LogP contribution in [-0.2, 0) is 0 Å². The van der Waals surface area contributed by atoms with Gasteiger partial charge in [-0.25, -0.2) is 4.98 Å². The van der Waals surface area contributed by atoms with Crippen molar-refractivity contribution in [2.45, 2.75) is 20.3 Å². The molecule has 0 N–H and O–H groups in total. The van der Waals surface area contributed by atoms with Gasteiger partial charge in [-0.1, -0.05) is 48.5 Å². The Hall–Kier alpha value is -2.46. The minimum Gasteiger partial charge on any atom is -0.356 e. The lowest BCUT2D eigenvalue weighted by molar-refractivity contribution is 0.780. The van der Waals surface area contributed by atoms with Gasteiger partial charge in [0.2, 0.25) is 0 Å². The van der Waals surface area contributed by atoms with E-state index in [2.05, 4.69) is 90.2 Å². The fraction of sp³-hybridized carbons (Fsp3) is 0.292. The topological polar surface area (TPSA) is 20.5 Å². The largest absolute Gasteiger partial charge is 0.356 e. The van der Waals surface area contributed by atoms with Crippen LogP contribution in [0.15, 0.2) is 60.8 Å². The fourth-order valence-electron chi connectivity index (χ4n) is 3.89. The zero-order chi connectivity index (χ0) is 19.5. The Kier molecular flexibility index (Phi) is 5.58. The van der Waals surface area contributed by atoms with E-state index in [1.165, 1.54) is 39.9 Å². The van der Waals surface area contributed by atoms with Crippen molar-refractivity contribution >= 4 is 34.0 Å². The van der Waals surface area contributed by atoms with Crippen LogP contribution in [0.2, 0.25) is 0 Å². The minimum atomic E-state index is 0.966. The molecule has 2 aromatic heterocycles. The lowest BCUT2D eigenvalue weighted by Gasteiger charge is -2.24. The molecule has 0 aliphatic heterocycles. The first-order valence-corrected chi connectivity index (χ1v) is 11.3. The van der Waals surface area contributed by atoms with Crippen molar-refractivity contribution in [3.05, 3.63) is 66.4 Å². The van der Waals surface area contributed by atoms with Crippen LogP contribution < -0.4 is 4.90 Å². The standard InChI is InChI=1S/C24H27N3S/c1-4-26(15-9-17-28-3)24-22(20-12-7-5-10-18(20)2)25-23-21-13-8-6-11-19(21)14-16-27(23)24/h5-8,10-14,16H,4,9,15,17H2,1-3H3. The zero-order valence-corrected chi connectivity index (χ0v) is 17.7. The average Bonchev–Trinajstić information content (AvgIpc) is 3.11. The summed E-state index contributed by atoms with van der Waals surface area (Å²) in [6.07, 6.45) is 5.53. The van der Waals surface area contributed by atoms with Crippen LogP contribution in [0.1, 0.15) is 18.9 Å². The van der Waals surface area contributed by atoms with Gasteiger partial charge in [0, 0.05) is 30.2 Å². The Labute approximate surface area is 171 Å². The number of aromatic nitrogens is 2. The molecule has 4 heteroatoms. The van der Waals surface area contributed by atoms with E-state index in [9.17, 15) is 0 Å². The molecule has 4 aromatic rings. The van der Waals surface area contributed by atoms with E-state index in [0.29, 0.717) is 0 Å². The molecular formula is C24H27N3S. The molecule has 0 atom stereocenters. The number of hydrogen-bond donors (Lipinski definition) is 0. The van der Waals surface area contributed by atoms with Gasteiger partial charge in [0.05, 0.1) is 0 Å². The van der Waals surface area contributed by atoms with Gasteiger partial charge < -0.3 is 4.90 Å². The predicted molar refractivity (Wildman–Crippen MR) is 124 cm³/mol. The van der Waals surface area contributed by atoms with Crippen LogP contribution in [0.3, 0.4) is 0 Å². The molecule has 3 nitrogen and oxygen atoms in total. The molecule has 0 spiro atoms. The van der Waals surface area contributed by atoms with Gasteiger partial charge in [-0.15, -0.1) is 0 Å². The highest BCUT2D eigenvalue weighted by Gasteiger charge is 2.21. The first kappa shape index (κ1) is 18.9.